The lowest BCUT2D eigenvalue weighted by molar-refractivity contribution is 0.187. The quantitative estimate of drug-likeness (QED) is 0.833. The van der Waals surface area contributed by atoms with Gasteiger partial charge in [-0.2, -0.15) is 5.26 Å². The lowest BCUT2D eigenvalue weighted by Crippen LogP contribution is -2.11. The van der Waals surface area contributed by atoms with Crippen molar-refractivity contribution in [1.29, 1.82) is 5.26 Å². The number of hydrogen-bond acceptors (Lipinski definition) is 4. The van der Waals surface area contributed by atoms with E-state index < -0.39 is 6.09 Å². The molecule has 0 radical (unpaired) electrons. The van der Waals surface area contributed by atoms with Crippen molar-refractivity contribution in [2.45, 2.75) is 26.2 Å². The molecule has 0 fully saturated rings. The van der Waals surface area contributed by atoms with Crippen LogP contribution in [-0.4, -0.2) is 13.2 Å². The van der Waals surface area contributed by atoms with Crippen molar-refractivity contribution in [3.8, 4) is 6.07 Å². The predicted molar refractivity (Wildman–Crippen MR) is 66.3 cm³/mol. The molecule has 1 N–H and O–H groups in total. The van der Waals surface area contributed by atoms with Gasteiger partial charge in [-0.15, -0.1) is 11.3 Å². The van der Waals surface area contributed by atoms with E-state index in [0.29, 0.717) is 16.5 Å². The Labute approximate surface area is 104 Å². The maximum atomic E-state index is 11.2. The van der Waals surface area contributed by atoms with Gasteiger partial charge in [0.15, 0.2) is 0 Å². The Bertz CT molecular complexity index is 487. The Morgan fingerprint density at radius 3 is 3.06 bits per heavy atom. The number of nitriles is 1. The highest BCUT2D eigenvalue weighted by molar-refractivity contribution is 7.16. The van der Waals surface area contributed by atoms with Crippen LogP contribution in [0.1, 0.15) is 29.3 Å². The van der Waals surface area contributed by atoms with E-state index in [-0.39, 0.29) is 0 Å². The summed E-state index contributed by atoms with van der Waals surface area (Å²) in [6, 6.07) is 2.19. The molecule has 4 nitrogen and oxygen atoms in total. The number of methoxy groups -OCH3 is 1. The summed E-state index contributed by atoms with van der Waals surface area (Å²) in [5.41, 5.74) is 1.73. The Morgan fingerprint density at radius 2 is 2.41 bits per heavy atom. The number of nitrogens with one attached hydrogen (secondary N) is 1. The zero-order valence-electron chi connectivity index (χ0n) is 9.87. The predicted octanol–water partition coefficient (Wildman–Crippen LogP) is 2.92. The highest BCUT2D eigenvalue weighted by Gasteiger charge is 2.24. The van der Waals surface area contributed by atoms with E-state index in [0.717, 1.165) is 24.8 Å². The molecule has 1 heterocycles. The van der Waals surface area contributed by atoms with Crippen molar-refractivity contribution < 1.29 is 9.53 Å². The van der Waals surface area contributed by atoms with Gasteiger partial charge in [0.2, 0.25) is 0 Å². The zero-order chi connectivity index (χ0) is 12.4. The molecule has 0 aromatic carbocycles. The molecule has 1 aliphatic rings. The first-order valence-corrected chi connectivity index (χ1v) is 6.37. The average molecular weight is 250 g/mol. The molecule has 90 valence electrons. The molecule has 1 atom stereocenters. The van der Waals surface area contributed by atoms with E-state index in [9.17, 15) is 10.1 Å². The third kappa shape index (κ3) is 2.27. The third-order valence-electron chi connectivity index (χ3n) is 3.02. The Morgan fingerprint density at radius 1 is 1.65 bits per heavy atom. The number of anilines is 1. The largest absolute Gasteiger partial charge is 0.453 e. The molecule has 5 heteroatoms. The van der Waals surface area contributed by atoms with Gasteiger partial charge in [0, 0.05) is 4.88 Å². The summed E-state index contributed by atoms with van der Waals surface area (Å²) in [5.74, 6) is 0.652. The number of carbonyl (C=O) groups is 1. The van der Waals surface area contributed by atoms with Crippen molar-refractivity contribution in [3.05, 3.63) is 16.0 Å². The molecule has 2 rings (SSSR count). The minimum atomic E-state index is -0.520. The van der Waals surface area contributed by atoms with Crippen molar-refractivity contribution >= 4 is 22.4 Å². The normalized spacial score (nSPS) is 18.1. The van der Waals surface area contributed by atoms with Gasteiger partial charge in [-0.3, -0.25) is 5.32 Å². The molecular weight excluding hydrogens is 236 g/mol. The topological polar surface area (TPSA) is 62.1 Å². The van der Waals surface area contributed by atoms with Crippen LogP contribution in [0.2, 0.25) is 0 Å². The number of carbonyl (C=O) groups excluding carboxylic acids is 1. The van der Waals surface area contributed by atoms with E-state index in [1.807, 2.05) is 0 Å². The van der Waals surface area contributed by atoms with E-state index in [1.54, 1.807) is 0 Å². The number of thiophene rings is 1. The SMILES string of the molecule is COC(=O)Nc1sc2c(c1C#N)CCC(C)C2. The third-order valence-corrected chi connectivity index (χ3v) is 4.19. The second-order valence-electron chi connectivity index (χ2n) is 4.28. The average Bonchev–Trinajstić information content (AvgIpc) is 2.64. The molecule has 1 aliphatic carbocycles. The number of rotatable bonds is 1. The fourth-order valence-electron chi connectivity index (χ4n) is 2.10. The summed E-state index contributed by atoms with van der Waals surface area (Å²) in [7, 11) is 1.32. The molecule has 0 saturated heterocycles. The smallest absolute Gasteiger partial charge is 0.411 e. The van der Waals surface area contributed by atoms with Gasteiger partial charge in [-0.25, -0.2) is 4.79 Å². The first kappa shape index (κ1) is 11.9. The van der Waals surface area contributed by atoms with E-state index in [2.05, 4.69) is 23.0 Å². The number of hydrogen-bond donors (Lipinski definition) is 1. The summed E-state index contributed by atoms with van der Waals surface area (Å²) < 4.78 is 4.55. The molecule has 1 aromatic rings. The molecule has 1 aromatic heterocycles. The van der Waals surface area contributed by atoms with Crippen molar-refractivity contribution in [1.82, 2.24) is 0 Å². The summed E-state index contributed by atoms with van der Waals surface area (Å²) in [6.07, 6.45) is 2.51. The number of fused-ring (bicyclic) bond motifs is 1. The highest BCUT2D eigenvalue weighted by Crippen LogP contribution is 2.39. The van der Waals surface area contributed by atoms with Gasteiger partial charge in [0.05, 0.1) is 12.7 Å². The first-order valence-electron chi connectivity index (χ1n) is 5.55. The Balaban J connectivity index is 2.34. The van der Waals surface area contributed by atoms with Crippen LogP contribution in [0, 0.1) is 17.2 Å². The van der Waals surface area contributed by atoms with Crippen LogP contribution in [0.4, 0.5) is 9.80 Å². The molecule has 0 bridgehead atoms. The second-order valence-corrected chi connectivity index (χ2v) is 5.39. The summed E-state index contributed by atoms with van der Waals surface area (Å²) in [5, 5.41) is 12.4. The maximum Gasteiger partial charge on any atom is 0.411 e. The van der Waals surface area contributed by atoms with Crippen molar-refractivity contribution in [2.75, 3.05) is 12.4 Å². The molecule has 0 spiro atoms. The lowest BCUT2D eigenvalue weighted by atomic mass is 9.89. The second kappa shape index (κ2) is 4.76. The highest BCUT2D eigenvalue weighted by atomic mass is 32.1. The van der Waals surface area contributed by atoms with E-state index >= 15 is 0 Å². The minimum absolute atomic E-state index is 0.520. The van der Waals surface area contributed by atoms with Crippen LogP contribution in [0.3, 0.4) is 0 Å². The van der Waals surface area contributed by atoms with Gasteiger partial charge >= 0.3 is 6.09 Å². The Kier molecular flexibility index (Phi) is 3.34. The summed E-state index contributed by atoms with van der Waals surface area (Å²) in [4.78, 5) is 12.4. The molecule has 1 amide bonds. The number of amides is 1. The summed E-state index contributed by atoms with van der Waals surface area (Å²) >= 11 is 1.50. The molecule has 17 heavy (non-hydrogen) atoms. The zero-order valence-corrected chi connectivity index (χ0v) is 10.7. The fraction of sp³-hybridized carbons (Fsp3) is 0.500. The van der Waals surface area contributed by atoms with Crippen LogP contribution in [-0.2, 0) is 17.6 Å². The van der Waals surface area contributed by atoms with Crippen molar-refractivity contribution in [2.24, 2.45) is 5.92 Å². The van der Waals surface area contributed by atoms with Crippen LogP contribution >= 0.6 is 11.3 Å². The van der Waals surface area contributed by atoms with Crippen molar-refractivity contribution in [3.63, 3.8) is 0 Å². The Hall–Kier alpha value is -1.54. The molecule has 0 saturated carbocycles. The maximum absolute atomic E-state index is 11.2. The first-order chi connectivity index (χ1) is 8.15. The van der Waals surface area contributed by atoms with Gasteiger partial charge in [-0.1, -0.05) is 6.92 Å². The van der Waals surface area contributed by atoms with Gasteiger partial charge in [-0.05, 0) is 30.7 Å². The molecular formula is C12H14N2O2S. The molecule has 0 aliphatic heterocycles. The number of ether oxygens (including phenoxy) is 1. The van der Waals surface area contributed by atoms with Crippen LogP contribution in [0.25, 0.3) is 0 Å². The van der Waals surface area contributed by atoms with Crippen LogP contribution < -0.4 is 5.32 Å². The summed E-state index contributed by atoms with van der Waals surface area (Å²) in [6.45, 7) is 2.21. The lowest BCUT2D eigenvalue weighted by Gasteiger charge is -2.17. The van der Waals surface area contributed by atoms with E-state index in [4.69, 9.17) is 0 Å². The van der Waals surface area contributed by atoms with E-state index in [1.165, 1.54) is 23.3 Å². The standard InChI is InChI=1S/C12H14N2O2S/c1-7-3-4-8-9(6-13)11(14-12(15)16-2)17-10(8)5-7/h7H,3-5H2,1-2H3,(H,14,15). The van der Waals surface area contributed by atoms with Crippen LogP contribution in [0.15, 0.2) is 0 Å². The van der Waals surface area contributed by atoms with Gasteiger partial charge < -0.3 is 4.74 Å². The number of nitrogens with zero attached hydrogens (tertiary/aromatic N) is 1. The van der Waals surface area contributed by atoms with Gasteiger partial charge in [0.25, 0.3) is 0 Å². The van der Waals surface area contributed by atoms with Gasteiger partial charge in [0.1, 0.15) is 11.1 Å². The monoisotopic (exact) mass is 250 g/mol. The fourth-order valence-corrected chi connectivity index (χ4v) is 3.45. The van der Waals surface area contributed by atoms with Crippen LogP contribution in [0.5, 0.6) is 0 Å². The molecule has 1 unspecified atom stereocenters. The minimum Gasteiger partial charge on any atom is -0.453 e.